The van der Waals surface area contributed by atoms with Crippen molar-refractivity contribution in [1.82, 2.24) is 25.4 Å². The minimum atomic E-state index is -0.0672. The number of rotatable bonds is 3. The highest BCUT2D eigenvalue weighted by molar-refractivity contribution is 5.81. The summed E-state index contributed by atoms with van der Waals surface area (Å²) in [5.41, 5.74) is 0. The van der Waals surface area contributed by atoms with E-state index < -0.39 is 0 Å². The van der Waals surface area contributed by atoms with Crippen molar-refractivity contribution in [3.8, 4) is 0 Å². The third kappa shape index (κ3) is 3.26. The lowest BCUT2D eigenvalue weighted by molar-refractivity contribution is -0.124. The smallest absolute Gasteiger partial charge is 0.237 e. The van der Waals surface area contributed by atoms with Gasteiger partial charge in [-0.3, -0.25) is 9.48 Å². The van der Waals surface area contributed by atoms with Crippen LogP contribution in [0.4, 0.5) is 0 Å². The van der Waals surface area contributed by atoms with Crippen LogP contribution in [-0.4, -0.2) is 32.8 Å². The number of aromatic nitrogens is 3. The molecule has 1 aromatic heterocycles. The van der Waals surface area contributed by atoms with Crippen LogP contribution in [0.15, 0.2) is 6.33 Å². The van der Waals surface area contributed by atoms with Crippen molar-refractivity contribution in [2.45, 2.75) is 44.8 Å². The average molecular weight is 237 g/mol. The number of hydrogen-bond acceptors (Lipinski definition) is 4. The van der Waals surface area contributed by atoms with Gasteiger partial charge in [-0.2, -0.15) is 5.10 Å². The molecule has 2 atom stereocenters. The lowest BCUT2D eigenvalue weighted by atomic mass is 9.99. The molecule has 1 saturated heterocycles. The summed E-state index contributed by atoms with van der Waals surface area (Å²) in [6, 6.07) is 0.356. The van der Waals surface area contributed by atoms with E-state index in [1.54, 1.807) is 11.0 Å². The fourth-order valence-corrected chi connectivity index (χ4v) is 2.10. The minimum absolute atomic E-state index is 0.0454. The Labute approximate surface area is 101 Å². The van der Waals surface area contributed by atoms with Crippen LogP contribution in [0.1, 0.15) is 32.0 Å². The second kappa shape index (κ2) is 5.27. The van der Waals surface area contributed by atoms with Crippen LogP contribution < -0.4 is 10.6 Å². The Hall–Kier alpha value is -1.43. The van der Waals surface area contributed by atoms with Crippen molar-refractivity contribution in [1.29, 1.82) is 0 Å². The SMILES string of the molecule is CC1CCCC(C(=O)NCc2ncn(C)n2)N1. The second-order valence-electron chi connectivity index (χ2n) is 4.60. The summed E-state index contributed by atoms with van der Waals surface area (Å²) < 4.78 is 1.63. The van der Waals surface area contributed by atoms with Gasteiger partial charge in [-0.1, -0.05) is 0 Å². The molecular weight excluding hydrogens is 218 g/mol. The van der Waals surface area contributed by atoms with Gasteiger partial charge >= 0.3 is 0 Å². The van der Waals surface area contributed by atoms with Crippen LogP contribution in [-0.2, 0) is 18.4 Å². The number of carbonyl (C=O) groups is 1. The topological polar surface area (TPSA) is 71.8 Å². The molecule has 1 aliphatic rings. The van der Waals surface area contributed by atoms with Gasteiger partial charge in [-0.15, -0.1) is 0 Å². The van der Waals surface area contributed by atoms with Crippen LogP contribution in [0.25, 0.3) is 0 Å². The number of carbonyl (C=O) groups excluding carboxylic acids is 1. The van der Waals surface area contributed by atoms with E-state index in [4.69, 9.17) is 0 Å². The van der Waals surface area contributed by atoms with Crippen LogP contribution >= 0.6 is 0 Å². The molecule has 6 heteroatoms. The summed E-state index contributed by atoms with van der Waals surface area (Å²) >= 11 is 0. The van der Waals surface area contributed by atoms with Gasteiger partial charge in [0.15, 0.2) is 5.82 Å². The summed E-state index contributed by atoms with van der Waals surface area (Å²) in [4.78, 5) is 16.0. The molecule has 0 bridgehead atoms. The largest absolute Gasteiger partial charge is 0.347 e. The van der Waals surface area contributed by atoms with E-state index in [1.165, 1.54) is 0 Å². The Balaban J connectivity index is 1.80. The monoisotopic (exact) mass is 237 g/mol. The zero-order chi connectivity index (χ0) is 12.3. The summed E-state index contributed by atoms with van der Waals surface area (Å²) in [5, 5.41) is 10.3. The van der Waals surface area contributed by atoms with Crippen molar-refractivity contribution in [2.75, 3.05) is 0 Å². The highest BCUT2D eigenvalue weighted by Crippen LogP contribution is 2.12. The third-order valence-electron chi connectivity index (χ3n) is 3.00. The Kier molecular flexibility index (Phi) is 3.73. The second-order valence-corrected chi connectivity index (χ2v) is 4.60. The molecule has 0 saturated carbocycles. The van der Waals surface area contributed by atoms with Gasteiger partial charge in [0.1, 0.15) is 6.33 Å². The summed E-state index contributed by atoms with van der Waals surface area (Å²) in [5.74, 6) is 0.689. The number of piperidine rings is 1. The first-order valence-electron chi connectivity index (χ1n) is 6.03. The molecule has 0 aromatic carbocycles. The third-order valence-corrected chi connectivity index (χ3v) is 3.00. The Morgan fingerprint density at radius 1 is 1.65 bits per heavy atom. The zero-order valence-corrected chi connectivity index (χ0v) is 10.3. The van der Waals surface area contributed by atoms with Crippen molar-refractivity contribution < 1.29 is 4.79 Å². The Bertz CT molecular complexity index is 389. The standard InChI is InChI=1S/C11H19N5O/c1-8-4-3-5-9(14-8)11(17)12-6-10-13-7-16(2)15-10/h7-9,14H,3-6H2,1-2H3,(H,12,17). The molecule has 1 aliphatic heterocycles. The number of nitrogens with zero attached hydrogens (tertiary/aromatic N) is 3. The molecular formula is C11H19N5O. The molecule has 2 rings (SSSR count). The molecule has 2 heterocycles. The molecule has 0 radical (unpaired) electrons. The molecule has 0 aliphatic carbocycles. The van der Waals surface area contributed by atoms with Gasteiger partial charge in [0.25, 0.3) is 0 Å². The van der Waals surface area contributed by atoms with E-state index >= 15 is 0 Å². The first-order valence-corrected chi connectivity index (χ1v) is 6.03. The zero-order valence-electron chi connectivity index (χ0n) is 10.3. The normalized spacial score (nSPS) is 24.6. The maximum atomic E-state index is 11.9. The Morgan fingerprint density at radius 3 is 3.12 bits per heavy atom. The van der Waals surface area contributed by atoms with Crippen molar-refractivity contribution in [3.05, 3.63) is 12.2 Å². The van der Waals surface area contributed by atoms with E-state index in [0.717, 1.165) is 19.3 Å². The molecule has 2 N–H and O–H groups in total. The summed E-state index contributed by atoms with van der Waals surface area (Å²) in [6.07, 6.45) is 4.79. The van der Waals surface area contributed by atoms with Crippen molar-refractivity contribution in [2.24, 2.45) is 7.05 Å². The quantitative estimate of drug-likeness (QED) is 0.774. The lowest BCUT2D eigenvalue weighted by Crippen LogP contribution is -2.49. The average Bonchev–Trinajstić information content (AvgIpc) is 2.72. The Morgan fingerprint density at radius 2 is 2.47 bits per heavy atom. The maximum Gasteiger partial charge on any atom is 0.237 e. The van der Waals surface area contributed by atoms with E-state index in [2.05, 4.69) is 27.6 Å². The highest BCUT2D eigenvalue weighted by atomic mass is 16.2. The van der Waals surface area contributed by atoms with Crippen LogP contribution in [0.5, 0.6) is 0 Å². The number of hydrogen-bond donors (Lipinski definition) is 2. The van der Waals surface area contributed by atoms with Gasteiger partial charge in [0.05, 0.1) is 12.6 Å². The van der Waals surface area contributed by atoms with Crippen LogP contribution in [0.3, 0.4) is 0 Å². The van der Waals surface area contributed by atoms with E-state index in [-0.39, 0.29) is 11.9 Å². The minimum Gasteiger partial charge on any atom is -0.347 e. The highest BCUT2D eigenvalue weighted by Gasteiger charge is 2.23. The van der Waals surface area contributed by atoms with Gasteiger partial charge < -0.3 is 10.6 Å². The van der Waals surface area contributed by atoms with Crippen molar-refractivity contribution >= 4 is 5.91 Å². The number of amides is 1. The van der Waals surface area contributed by atoms with Gasteiger partial charge in [0.2, 0.25) is 5.91 Å². The van der Waals surface area contributed by atoms with E-state index in [9.17, 15) is 4.79 Å². The van der Waals surface area contributed by atoms with Crippen LogP contribution in [0.2, 0.25) is 0 Å². The molecule has 1 amide bonds. The molecule has 17 heavy (non-hydrogen) atoms. The van der Waals surface area contributed by atoms with E-state index in [0.29, 0.717) is 18.4 Å². The van der Waals surface area contributed by atoms with Gasteiger partial charge in [-0.05, 0) is 26.2 Å². The molecule has 1 aromatic rings. The molecule has 0 spiro atoms. The molecule has 6 nitrogen and oxygen atoms in total. The fourth-order valence-electron chi connectivity index (χ4n) is 2.10. The maximum absolute atomic E-state index is 11.9. The van der Waals surface area contributed by atoms with Crippen molar-refractivity contribution in [3.63, 3.8) is 0 Å². The fraction of sp³-hybridized carbons (Fsp3) is 0.727. The predicted molar refractivity (Wildman–Crippen MR) is 63.1 cm³/mol. The first kappa shape index (κ1) is 12.0. The van der Waals surface area contributed by atoms with Gasteiger partial charge in [-0.25, -0.2) is 4.98 Å². The number of aryl methyl sites for hydroxylation is 1. The van der Waals surface area contributed by atoms with Gasteiger partial charge in [0, 0.05) is 13.1 Å². The molecule has 94 valence electrons. The van der Waals surface area contributed by atoms with E-state index in [1.807, 2.05) is 7.05 Å². The predicted octanol–water partition coefficient (Wildman–Crippen LogP) is -0.0381. The number of nitrogens with one attached hydrogen (secondary N) is 2. The first-order chi connectivity index (χ1) is 8.15. The van der Waals surface area contributed by atoms with Crippen LogP contribution in [0, 0.1) is 0 Å². The lowest BCUT2D eigenvalue weighted by Gasteiger charge is -2.27. The summed E-state index contributed by atoms with van der Waals surface area (Å²) in [7, 11) is 1.81. The molecule has 1 fully saturated rings. The summed E-state index contributed by atoms with van der Waals surface area (Å²) in [6.45, 7) is 2.51. The molecule has 2 unspecified atom stereocenters.